The Balaban J connectivity index is 2.00. The van der Waals surface area contributed by atoms with E-state index in [9.17, 15) is 9.18 Å². The van der Waals surface area contributed by atoms with Crippen molar-refractivity contribution in [1.29, 1.82) is 0 Å². The molecule has 1 heterocycles. The van der Waals surface area contributed by atoms with Crippen LogP contribution in [0.2, 0.25) is 0 Å². The number of halogens is 2. The Morgan fingerprint density at radius 2 is 2.21 bits per heavy atom. The van der Waals surface area contributed by atoms with Gasteiger partial charge in [-0.1, -0.05) is 0 Å². The molecule has 0 aliphatic carbocycles. The number of carbonyl (C=O) groups excluding carboxylic acids is 1. The van der Waals surface area contributed by atoms with Gasteiger partial charge in [0.05, 0.1) is 9.35 Å². The van der Waals surface area contributed by atoms with Gasteiger partial charge in [-0.15, -0.1) is 11.3 Å². The summed E-state index contributed by atoms with van der Waals surface area (Å²) in [7, 11) is 0. The first-order valence-electron chi connectivity index (χ1n) is 5.27. The highest BCUT2D eigenvalue weighted by molar-refractivity contribution is 9.10. The zero-order chi connectivity index (χ0) is 13.8. The highest BCUT2D eigenvalue weighted by Gasteiger charge is 2.08. The number of amides is 1. The Kier molecular flexibility index (Phi) is 4.52. The molecule has 100 valence electrons. The molecule has 4 nitrogen and oxygen atoms in total. The van der Waals surface area contributed by atoms with Crippen molar-refractivity contribution in [1.82, 2.24) is 5.43 Å². The number of hydrazine groups is 1. The third-order valence-electron chi connectivity index (χ3n) is 2.29. The molecule has 0 aliphatic heterocycles. The van der Waals surface area contributed by atoms with E-state index in [0.717, 1.165) is 4.88 Å². The maximum atomic E-state index is 13.3. The van der Waals surface area contributed by atoms with Crippen LogP contribution in [-0.2, 0) is 6.61 Å². The summed E-state index contributed by atoms with van der Waals surface area (Å²) in [4.78, 5) is 12.6. The molecule has 1 aromatic carbocycles. The molecule has 19 heavy (non-hydrogen) atoms. The fourth-order valence-corrected chi connectivity index (χ4v) is 2.44. The maximum Gasteiger partial charge on any atom is 0.275 e. The summed E-state index contributed by atoms with van der Waals surface area (Å²) in [6.07, 6.45) is 0. The van der Waals surface area contributed by atoms with Crippen LogP contribution in [-0.4, -0.2) is 5.91 Å². The molecule has 0 saturated carbocycles. The number of rotatable bonds is 4. The minimum Gasteiger partial charge on any atom is -0.488 e. The average Bonchev–Trinajstić information content (AvgIpc) is 2.88. The molecule has 1 aromatic heterocycles. The van der Waals surface area contributed by atoms with Gasteiger partial charge in [-0.25, -0.2) is 10.2 Å². The van der Waals surface area contributed by atoms with Crippen LogP contribution in [0, 0.1) is 5.82 Å². The summed E-state index contributed by atoms with van der Waals surface area (Å²) >= 11 is 4.34. The van der Waals surface area contributed by atoms with Gasteiger partial charge in [0.15, 0.2) is 0 Å². The van der Waals surface area contributed by atoms with Crippen molar-refractivity contribution >= 4 is 33.2 Å². The molecular weight excluding hydrogens is 335 g/mol. The highest BCUT2D eigenvalue weighted by atomic mass is 79.9. The Bertz CT molecular complexity index is 603. The van der Waals surface area contributed by atoms with Crippen LogP contribution in [0.1, 0.15) is 14.5 Å². The van der Waals surface area contributed by atoms with E-state index in [0.29, 0.717) is 15.1 Å². The van der Waals surface area contributed by atoms with Crippen LogP contribution in [0.4, 0.5) is 4.39 Å². The minimum atomic E-state index is -0.383. The molecule has 2 rings (SSSR count). The molecule has 3 N–H and O–H groups in total. The SMILES string of the molecule is NNC(=O)c1ccc(COc2ccc(Br)c(F)c2)s1. The summed E-state index contributed by atoms with van der Waals surface area (Å²) in [6.45, 7) is 0.267. The largest absolute Gasteiger partial charge is 0.488 e. The lowest BCUT2D eigenvalue weighted by Gasteiger charge is -2.05. The van der Waals surface area contributed by atoms with Gasteiger partial charge in [0.2, 0.25) is 0 Å². The Morgan fingerprint density at radius 3 is 2.89 bits per heavy atom. The van der Waals surface area contributed by atoms with E-state index in [2.05, 4.69) is 21.4 Å². The van der Waals surface area contributed by atoms with Crippen molar-refractivity contribution in [2.75, 3.05) is 0 Å². The zero-order valence-corrected chi connectivity index (χ0v) is 12.1. The van der Waals surface area contributed by atoms with E-state index in [1.165, 1.54) is 17.4 Å². The number of thiophene rings is 1. The van der Waals surface area contributed by atoms with Gasteiger partial charge in [0.1, 0.15) is 18.2 Å². The lowest BCUT2D eigenvalue weighted by molar-refractivity contribution is 0.0957. The van der Waals surface area contributed by atoms with Crippen LogP contribution in [0.3, 0.4) is 0 Å². The normalized spacial score (nSPS) is 10.3. The molecule has 0 saturated heterocycles. The Labute approximate surface area is 121 Å². The molecule has 0 bridgehead atoms. The van der Waals surface area contributed by atoms with Gasteiger partial charge in [0, 0.05) is 10.9 Å². The van der Waals surface area contributed by atoms with Gasteiger partial charge in [0.25, 0.3) is 5.91 Å². The van der Waals surface area contributed by atoms with Gasteiger partial charge in [-0.3, -0.25) is 10.2 Å². The molecule has 0 spiro atoms. The van der Waals surface area contributed by atoms with Crippen molar-refractivity contribution in [3.05, 3.63) is 50.4 Å². The van der Waals surface area contributed by atoms with E-state index in [1.807, 2.05) is 0 Å². The van der Waals surface area contributed by atoms with Crippen molar-refractivity contribution < 1.29 is 13.9 Å². The van der Waals surface area contributed by atoms with Crippen LogP contribution in [0.25, 0.3) is 0 Å². The van der Waals surface area contributed by atoms with Crippen LogP contribution >= 0.6 is 27.3 Å². The molecule has 0 atom stereocenters. The number of hydrogen-bond donors (Lipinski definition) is 2. The third kappa shape index (κ3) is 3.52. The van der Waals surface area contributed by atoms with E-state index in [1.54, 1.807) is 24.3 Å². The standard InChI is InChI=1S/C12H10BrFN2O2S/c13-9-3-1-7(5-10(9)14)18-6-8-2-4-11(19-8)12(17)16-15/h1-5H,6,15H2,(H,16,17). The van der Waals surface area contributed by atoms with E-state index in [4.69, 9.17) is 10.6 Å². The Hall–Kier alpha value is -1.44. The van der Waals surface area contributed by atoms with Gasteiger partial charge >= 0.3 is 0 Å². The fourth-order valence-electron chi connectivity index (χ4n) is 1.37. The second-order valence-electron chi connectivity index (χ2n) is 3.60. The van der Waals surface area contributed by atoms with Crippen molar-refractivity contribution in [2.45, 2.75) is 6.61 Å². The second-order valence-corrected chi connectivity index (χ2v) is 5.63. The molecule has 1 amide bonds. The summed E-state index contributed by atoms with van der Waals surface area (Å²) in [5.41, 5.74) is 2.06. The second kappa shape index (κ2) is 6.14. The van der Waals surface area contributed by atoms with Gasteiger partial charge in [-0.2, -0.15) is 0 Å². The molecule has 0 unspecified atom stereocenters. The molecule has 0 aliphatic rings. The topological polar surface area (TPSA) is 64.3 Å². The number of hydrogen-bond acceptors (Lipinski definition) is 4. The lowest BCUT2D eigenvalue weighted by atomic mass is 10.3. The number of nitrogen functional groups attached to an aromatic ring is 1. The number of benzene rings is 1. The number of nitrogens with two attached hydrogens (primary N) is 1. The maximum absolute atomic E-state index is 13.3. The predicted octanol–water partition coefficient (Wildman–Crippen LogP) is 2.83. The van der Waals surface area contributed by atoms with Crippen molar-refractivity contribution in [3.63, 3.8) is 0 Å². The van der Waals surface area contributed by atoms with Crippen molar-refractivity contribution in [3.8, 4) is 5.75 Å². The van der Waals surface area contributed by atoms with Gasteiger partial charge in [-0.05, 0) is 40.2 Å². The zero-order valence-electron chi connectivity index (χ0n) is 9.65. The van der Waals surface area contributed by atoms with Gasteiger partial charge < -0.3 is 4.74 Å². The Morgan fingerprint density at radius 1 is 1.42 bits per heavy atom. The van der Waals surface area contributed by atoms with E-state index < -0.39 is 0 Å². The molecule has 0 fully saturated rings. The number of ether oxygens (including phenoxy) is 1. The highest BCUT2D eigenvalue weighted by Crippen LogP contribution is 2.23. The van der Waals surface area contributed by atoms with E-state index in [-0.39, 0.29) is 18.3 Å². The summed E-state index contributed by atoms with van der Waals surface area (Å²) < 4.78 is 19.1. The number of carbonyl (C=O) groups is 1. The molecule has 0 radical (unpaired) electrons. The number of nitrogens with one attached hydrogen (secondary N) is 1. The van der Waals surface area contributed by atoms with Crippen LogP contribution < -0.4 is 16.0 Å². The smallest absolute Gasteiger partial charge is 0.275 e. The van der Waals surface area contributed by atoms with Crippen LogP contribution in [0.15, 0.2) is 34.8 Å². The summed E-state index contributed by atoms with van der Waals surface area (Å²) in [6, 6.07) is 7.96. The first-order valence-corrected chi connectivity index (χ1v) is 6.88. The monoisotopic (exact) mass is 344 g/mol. The summed E-state index contributed by atoms with van der Waals surface area (Å²) in [5.74, 6) is 4.74. The first-order chi connectivity index (χ1) is 9.10. The minimum absolute atomic E-state index is 0.267. The molecular formula is C12H10BrFN2O2S. The van der Waals surface area contributed by atoms with E-state index >= 15 is 0 Å². The average molecular weight is 345 g/mol. The third-order valence-corrected chi connectivity index (χ3v) is 3.99. The predicted molar refractivity (Wildman–Crippen MR) is 74.4 cm³/mol. The quantitative estimate of drug-likeness (QED) is 0.509. The fraction of sp³-hybridized carbons (Fsp3) is 0.0833. The lowest BCUT2D eigenvalue weighted by Crippen LogP contribution is -2.29. The molecule has 7 heteroatoms. The first kappa shape index (κ1) is 14.0. The summed E-state index contributed by atoms with van der Waals surface area (Å²) in [5, 5.41) is 0. The molecule has 2 aromatic rings. The van der Waals surface area contributed by atoms with Crippen LogP contribution in [0.5, 0.6) is 5.75 Å². The van der Waals surface area contributed by atoms with Crippen molar-refractivity contribution in [2.24, 2.45) is 5.84 Å².